The van der Waals surface area contributed by atoms with E-state index in [1.165, 1.54) is 20.3 Å². The Morgan fingerprint density at radius 2 is 1.80 bits per heavy atom. The minimum atomic E-state index is -3.26. The van der Waals surface area contributed by atoms with E-state index in [4.69, 9.17) is 9.05 Å². The van der Waals surface area contributed by atoms with E-state index in [0.29, 0.717) is 5.56 Å². The summed E-state index contributed by atoms with van der Waals surface area (Å²) in [5.41, 5.74) is -0.279. The maximum atomic E-state index is 13.4. The predicted octanol–water partition coefficient (Wildman–Crippen LogP) is 3.37. The second-order valence-corrected chi connectivity index (χ2v) is 5.69. The summed E-state index contributed by atoms with van der Waals surface area (Å²) in [7, 11) is -0.674. The molecule has 0 saturated heterocycles. The van der Waals surface area contributed by atoms with E-state index in [2.05, 4.69) is 0 Å². The van der Waals surface area contributed by atoms with Crippen LogP contribution in [0.1, 0.15) is 18.1 Å². The molecule has 0 saturated carbocycles. The average Bonchev–Trinajstić information content (AvgIpc) is 2.28. The van der Waals surface area contributed by atoms with Crippen LogP contribution in [0.2, 0.25) is 0 Å². The fraction of sp³-hybridized carbons (Fsp3) is 0.400. The molecule has 0 spiro atoms. The number of halogens is 1. The first-order valence-corrected chi connectivity index (χ1v) is 6.12. The molecule has 84 valence electrons. The van der Waals surface area contributed by atoms with Gasteiger partial charge >= 0.3 is 7.60 Å². The molecule has 1 aromatic rings. The monoisotopic (exact) mass is 232 g/mol. The Balaban J connectivity index is 3.09. The van der Waals surface area contributed by atoms with Gasteiger partial charge in [0, 0.05) is 19.8 Å². The van der Waals surface area contributed by atoms with Crippen molar-refractivity contribution in [1.82, 2.24) is 0 Å². The Hall–Kier alpha value is -0.700. The van der Waals surface area contributed by atoms with Crippen LogP contribution in [-0.4, -0.2) is 14.2 Å². The Morgan fingerprint density at radius 1 is 1.27 bits per heavy atom. The van der Waals surface area contributed by atoms with Crippen molar-refractivity contribution in [2.24, 2.45) is 0 Å². The summed E-state index contributed by atoms with van der Waals surface area (Å²) in [6, 6.07) is 6.16. The van der Waals surface area contributed by atoms with Crippen molar-refractivity contribution in [2.45, 2.75) is 12.6 Å². The molecule has 5 heteroatoms. The van der Waals surface area contributed by atoms with E-state index >= 15 is 0 Å². The van der Waals surface area contributed by atoms with Gasteiger partial charge in [0.15, 0.2) is 0 Å². The largest absolute Gasteiger partial charge is 0.337 e. The van der Waals surface area contributed by atoms with Gasteiger partial charge < -0.3 is 9.05 Å². The van der Waals surface area contributed by atoms with E-state index in [9.17, 15) is 8.96 Å². The van der Waals surface area contributed by atoms with Crippen molar-refractivity contribution in [3.05, 3.63) is 35.6 Å². The number of rotatable bonds is 4. The van der Waals surface area contributed by atoms with Gasteiger partial charge in [0.1, 0.15) is 5.82 Å². The smallest absolute Gasteiger partial charge is 0.312 e. The van der Waals surface area contributed by atoms with Crippen LogP contribution in [0.5, 0.6) is 0 Å². The third-order valence-corrected chi connectivity index (χ3v) is 4.58. The van der Waals surface area contributed by atoms with Crippen LogP contribution in [0.4, 0.5) is 4.39 Å². The van der Waals surface area contributed by atoms with Gasteiger partial charge in [-0.05, 0) is 13.0 Å². The first-order valence-electron chi connectivity index (χ1n) is 4.50. The Labute approximate surface area is 88.7 Å². The van der Waals surface area contributed by atoms with Crippen LogP contribution in [0.25, 0.3) is 0 Å². The van der Waals surface area contributed by atoms with Gasteiger partial charge in [-0.3, -0.25) is 4.57 Å². The molecule has 3 nitrogen and oxygen atoms in total. The van der Waals surface area contributed by atoms with Gasteiger partial charge in [0.05, 0.1) is 5.66 Å². The van der Waals surface area contributed by atoms with Crippen molar-refractivity contribution in [3.63, 3.8) is 0 Å². The molecular weight excluding hydrogens is 218 g/mol. The van der Waals surface area contributed by atoms with Gasteiger partial charge in [0.2, 0.25) is 0 Å². The molecular formula is C10H14FO3P. The van der Waals surface area contributed by atoms with Crippen molar-refractivity contribution in [2.75, 3.05) is 14.2 Å². The molecule has 0 aliphatic carbocycles. The molecule has 0 bridgehead atoms. The Morgan fingerprint density at radius 3 is 2.27 bits per heavy atom. The Bertz CT molecular complexity index is 373. The van der Waals surface area contributed by atoms with Gasteiger partial charge in [-0.15, -0.1) is 0 Å². The molecule has 1 atom stereocenters. The molecule has 0 radical (unpaired) electrons. The van der Waals surface area contributed by atoms with Crippen molar-refractivity contribution < 1.29 is 18.0 Å². The molecule has 0 heterocycles. The van der Waals surface area contributed by atoms with Crippen LogP contribution in [-0.2, 0) is 13.6 Å². The minimum absolute atomic E-state index is 0.338. The van der Waals surface area contributed by atoms with Crippen LogP contribution >= 0.6 is 7.60 Å². The molecule has 0 fully saturated rings. The molecule has 15 heavy (non-hydrogen) atoms. The summed E-state index contributed by atoms with van der Waals surface area (Å²) in [5, 5.41) is 0. The summed E-state index contributed by atoms with van der Waals surface area (Å²) in [5.74, 6) is -0.403. The van der Waals surface area contributed by atoms with Gasteiger partial charge in [-0.25, -0.2) is 4.39 Å². The second kappa shape index (κ2) is 4.88. The van der Waals surface area contributed by atoms with Crippen LogP contribution in [0.3, 0.4) is 0 Å². The number of benzene rings is 1. The predicted molar refractivity (Wildman–Crippen MR) is 56.4 cm³/mol. The highest BCUT2D eigenvalue weighted by molar-refractivity contribution is 7.54. The quantitative estimate of drug-likeness (QED) is 0.746. The lowest BCUT2D eigenvalue weighted by atomic mass is 10.1. The zero-order valence-electron chi connectivity index (χ0n) is 8.94. The molecule has 0 aliphatic heterocycles. The van der Waals surface area contributed by atoms with Gasteiger partial charge in [-0.2, -0.15) is 0 Å². The van der Waals surface area contributed by atoms with Crippen LogP contribution < -0.4 is 0 Å². The first-order chi connectivity index (χ1) is 7.05. The van der Waals surface area contributed by atoms with Crippen LogP contribution in [0, 0.1) is 5.82 Å². The van der Waals surface area contributed by atoms with Gasteiger partial charge in [0.25, 0.3) is 0 Å². The van der Waals surface area contributed by atoms with E-state index < -0.39 is 19.1 Å². The highest BCUT2D eigenvalue weighted by Gasteiger charge is 2.32. The summed E-state index contributed by atoms with van der Waals surface area (Å²) in [6.45, 7) is 1.62. The fourth-order valence-corrected chi connectivity index (χ4v) is 2.71. The fourth-order valence-electron chi connectivity index (χ4n) is 1.38. The second-order valence-electron chi connectivity index (χ2n) is 3.10. The Kier molecular flexibility index (Phi) is 4.03. The highest BCUT2D eigenvalue weighted by Crippen LogP contribution is 2.59. The summed E-state index contributed by atoms with van der Waals surface area (Å²) < 4.78 is 35.1. The maximum absolute atomic E-state index is 13.4. The lowest BCUT2D eigenvalue weighted by molar-refractivity contribution is 0.267. The maximum Gasteiger partial charge on any atom is 0.337 e. The zero-order chi connectivity index (χ0) is 11.5. The first kappa shape index (κ1) is 12.4. The number of hydrogen-bond donors (Lipinski definition) is 0. The summed E-state index contributed by atoms with van der Waals surface area (Å²) in [4.78, 5) is 0. The topological polar surface area (TPSA) is 35.5 Å². The van der Waals surface area contributed by atoms with Crippen molar-refractivity contribution in [3.8, 4) is 0 Å². The number of hydrogen-bond acceptors (Lipinski definition) is 3. The summed E-state index contributed by atoms with van der Waals surface area (Å²) in [6.07, 6.45) is 0. The molecule has 1 rings (SSSR count). The lowest BCUT2D eigenvalue weighted by Crippen LogP contribution is -2.02. The zero-order valence-corrected chi connectivity index (χ0v) is 9.83. The third kappa shape index (κ3) is 2.46. The molecule has 0 aliphatic rings. The highest BCUT2D eigenvalue weighted by atomic mass is 31.2. The third-order valence-electron chi connectivity index (χ3n) is 2.34. The molecule has 0 N–H and O–H groups in total. The van der Waals surface area contributed by atoms with Crippen molar-refractivity contribution in [1.29, 1.82) is 0 Å². The minimum Gasteiger partial charge on any atom is -0.312 e. The summed E-state index contributed by atoms with van der Waals surface area (Å²) >= 11 is 0. The van der Waals surface area contributed by atoms with E-state index in [-0.39, 0.29) is 0 Å². The van der Waals surface area contributed by atoms with E-state index in [1.807, 2.05) is 0 Å². The lowest BCUT2D eigenvalue weighted by Gasteiger charge is -2.21. The SMILES string of the molecule is COP(=O)(OC)[C@H](C)c1ccccc1F. The van der Waals surface area contributed by atoms with Crippen molar-refractivity contribution >= 4 is 7.60 Å². The molecule has 0 amide bonds. The average molecular weight is 232 g/mol. The molecule has 0 aromatic heterocycles. The van der Waals surface area contributed by atoms with E-state index in [1.54, 1.807) is 25.1 Å². The standard InChI is InChI=1S/C10H14FO3P/c1-8(15(12,13-2)14-3)9-6-4-5-7-10(9)11/h4-8H,1-3H3/t8-/m1/s1. The van der Waals surface area contributed by atoms with Crippen LogP contribution in [0.15, 0.2) is 24.3 Å². The van der Waals surface area contributed by atoms with E-state index in [0.717, 1.165) is 0 Å². The molecule has 1 aromatic carbocycles. The molecule has 0 unspecified atom stereocenters. The van der Waals surface area contributed by atoms with Gasteiger partial charge in [-0.1, -0.05) is 18.2 Å². The normalized spacial score (nSPS) is 13.9.